The minimum absolute atomic E-state index is 0.171. The maximum Gasteiger partial charge on any atom is 0.243 e. The Morgan fingerprint density at radius 2 is 1.50 bits per heavy atom. The molecule has 1 heterocycles. The number of hydrogen-bond acceptors (Lipinski definition) is 7. The molecule has 2 atom stereocenters. The molecule has 6 rings (SSSR count). The molecule has 1 aliphatic heterocycles. The van der Waals surface area contributed by atoms with Crippen LogP contribution in [0.15, 0.2) is 89.8 Å². The Balaban J connectivity index is 1.37. The third-order valence-corrected chi connectivity index (χ3v) is 12.1. The van der Waals surface area contributed by atoms with Crippen LogP contribution in [0.1, 0.15) is 54.4 Å². The van der Waals surface area contributed by atoms with Gasteiger partial charge < -0.3 is 23.9 Å². The van der Waals surface area contributed by atoms with Crippen molar-refractivity contribution in [3.8, 4) is 17.2 Å². The second-order valence-corrected chi connectivity index (χ2v) is 15.6. The molecule has 2 aliphatic rings. The molecule has 10 heteroatoms. The number of fused-ring (bicyclic) bond motifs is 2. The highest BCUT2D eigenvalue weighted by molar-refractivity contribution is 7.89. The molecule has 0 radical (unpaired) electrons. The Kier molecular flexibility index (Phi) is 11.7. The van der Waals surface area contributed by atoms with Crippen LogP contribution in [0.25, 0.3) is 0 Å². The predicted octanol–water partition coefficient (Wildman–Crippen LogP) is 8.09. The number of carbonyl (C=O) groups is 1. The molecule has 0 bridgehead atoms. The van der Waals surface area contributed by atoms with Gasteiger partial charge in [-0.25, -0.2) is 8.42 Å². The fraction of sp³-hybridized carbons (Fsp3) is 0.375. The summed E-state index contributed by atoms with van der Waals surface area (Å²) in [6.07, 6.45) is 6.41. The van der Waals surface area contributed by atoms with Gasteiger partial charge in [0.05, 0.1) is 24.8 Å². The molecular formula is C40H45ClN2O6S. The minimum atomic E-state index is -4.00. The van der Waals surface area contributed by atoms with Crippen LogP contribution < -0.4 is 19.1 Å². The molecule has 0 saturated heterocycles. The van der Waals surface area contributed by atoms with E-state index < -0.39 is 10.0 Å². The van der Waals surface area contributed by atoms with Crippen molar-refractivity contribution < 1.29 is 27.4 Å². The SMILES string of the molecule is COc1ccc(CN(Cc2ccc(OC)cc2)S(=O)(=O)c2ccc3c(c2)N(C[C@@H]2CC[C@H]2CC=O)CCCCc2cc(Cl)ccc2CO3)cc1. The monoisotopic (exact) mass is 716 g/mol. The summed E-state index contributed by atoms with van der Waals surface area (Å²) in [4.78, 5) is 13.9. The van der Waals surface area contributed by atoms with Crippen molar-refractivity contribution in [2.24, 2.45) is 11.8 Å². The third kappa shape index (κ3) is 8.45. The van der Waals surface area contributed by atoms with Crippen LogP contribution in [0.5, 0.6) is 17.2 Å². The Morgan fingerprint density at radius 3 is 2.10 bits per heavy atom. The zero-order valence-electron chi connectivity index (χ0n) is 28.7. The fourth-order valence-corrected chi connectivity index (χ4v) is 8.55. The van der Waals surface area contributed by atoms with Gasteiger partial charge in [0.25, 0.3) is 0 Å². The fourth-order valence-electron chi connectivity index (χ4n) is 6.92. The predicted molar refractivity (Wildman–Crippen MR) is 197 cm³/mol. The number of hydrogen-bond donors (Lipinski definition) is 0. The first-order valence-electron chi connectivity index (χ1n) is 17.3. The molecule has 4 aromatic carbocycles. The normalized spacial score (nSPS) is 17.8. The molecular weight excluding hydrogens is 672 g/mol. The number of anilines is 1. The molecule has 1 aliphatic carbocycles. The molecule has 50 heavy (non-hydrogen) atoms. The van der Waals surface area contributed by atoms with E-state index >= 15 is 0 Å². The van der Waals surface area contributed by atoms with Gasteiger partial charge in [-0.15, -0.1) is 0 Å². The van der Waals surface area contributed by atoms with Crippen LogP contribution in [-0.2, 0) is 40.9 Å². The van der Waals surface area contributed by atoms with Gasteiger partial charge in [0.2, 0.25) is 10.0 Å². The van der Waals surface area contributed by atoms with Crippen LogP contribution in [-0.4, -0.2) is 46.3 Å². The smallest absolute Gasteiger partial charge is 0.243 e. The van der Waals surface area contributed by atoms with E-state index in [0.29, 0.717) is 47.1 Å². The van der Waals surface area contributed by atoms with Gasteiger partial charge in [-0.05, 0) is 121 Å². The Bertz CT molecular complexity index is 1820. The number of aldehydes is 1. The van der Waals surface area contributed by atoms with Crippen molar-refractivity contribution >= 4 is 33.6 Å². The van der Waals surface area contributed by atoms with Crippen LogP contribution in [0.2, 0.25) is 5.02 Å². The Morgan fingerprint density at radius 1 is 0.840 bits per heavy atom. The van der Waals surface area contributed by atoms with Crippen LogP contribution in [0.4, 0.5) is 5.69 Å². The van der Waals surface area contributed by atoms with Gasteiger partial charge in [0.15, 0.2) is 0 Å². The summed E-state index contributed by atoms with van der Waals surface area (Å²) < 4.78 is 48.1. The summed E-state index contributed by atoms with van der Waals surface area (Å²) in [5, 5.41) is 0.704. The Labute approximate surface area is 301 Å². The molecule has 4 aromatic rings. The van der Waals surface area contributed by atoms with E-state index in [1.807, 2.05) is 66.7 Å². The van der Waals surface area contributed by atoms with Crippen molar-refractivity contribution in [2.45, 2.75) is 63.1 Å². The highest BCUT2D eigenvalue weighted by atomic mass is 35.5. The number of methoxy groups -OCH3 is 2. The van der Waals surface area contributed by atoms with Gasteiger partial charge in [0.1, 0.15) is 30.1 Å². The van der Waals surface area contributed by atoms with E-state index in [-0.39, 0.29) is 18.0 Å². The first-order chi connectivity index (χ1) is 24.3. The number of sulfonamides is 1. The maximum atomic E-state index is 14.7. The van der Waals surface area contributed by atoms with Crippen LogP contribution in [0, 0.1) is 11.8 Å². The highest BCUT2D eigenvalue weighted by Crippen LogP contribution is 2.41. The zero-order valence-corrected chi connectivity index (χ0v) is 30.3. The second kappa shape index (κ2) is 16.3. The Hall–Kier alpha value is -4.05. The van der Waals surface area contributed by atoms with Crippen molar-refractivity contribution in [3.63, 3.8) is 0 Å². The molecule has 0 unspecified atom stereocenters. The lowest BCUT2D eigenvalue weighted by Crippen LogP contribution is -2.39. The van der Waals surface area contributed by atoms with Crippen LogP contribution in [0.3, 0.4) is 0 Å². The van der Waals surface area contributed by atoms with E-state index in [1.165, 1.54) is 9.87 Å². The van der Waals surface area contributed by atoms with Gasteiger partial charge >= 0.3 is 0 Å². The number of aryl methyl sites for hydroxylation is 1. The summed E-state index contributed by atoms with van der Waals surface area (Å²) >= 11 is 6.37. The van der Waals surface area contributed by atoms with Gasteiger partial charge in [-0.2, -0.15) is 4.31 Å². The summed E-state index contributed by atoms with van der Waals surface area (Å²) in [5.74, 6) is 2.74. The van der Waals surface area contributed by atoms with Crippen LogP contribution >= 0.6 is 11.6 Å². The first kappa shape index (κ1) is 35.8. The van der Waals surface area contributed by atoms with Crippen molar-refractivity contribution in [2.75, 3.05) is 32.2 Å². The lowest BCUT2D eigenvalue weighted by Gasteiger charge is -2.40. The molecule has 8 nitrogen and oxygen atoms in total. The molecule has 0 amide bonds. The average molecular weight is 717 g/mol. The van der Waals surface area contributed by atoms with E-state index in [2.05, 4.69) is 4.90 Å². The van der Waals surface area contributed by atoms with Crippen molar-refractivity contribution in [1.29, 1.82) is 0 Å². The maximum absolute atomic E-state index is 14.7. The van der Waals surface area contributed by atoms with Gasteiger partial charge in [-0.3, -0.25) is 0 Å². The molecule has 1 saturated carbocycles. The first-order valence-corrected chi connectivity index (χ1v) is 19.1. The highest BCUT2D eigenvalue weighted by Gasteiger charge is 2.33. The largest absolute Gasteiger partial charge is 0.497 e. The summed E-state index contributed by atoms with van der Waals surface area (Å²) in [6, 6.07) is 26.1. The minimum Gasteiger partial charge on any atom is -0.497 e. The van der Waals surface area contributed by atoms with E-state index in [0.717, 1.165) is 73.9 Å². The number of carbonyl (C=O) groups excluding carboxylic acids is 1. The lowest BCUT2D eigenvalue weighted by molar-refractivity contribution is -0.109. The van der Waals surface area contributed by atoms with Crippen molar-refractivity contribution in [1.82, 2.24) is 4.31 Å². The van der Waals surface area contributed by atoms with E-state index in [1.54, 1.807) is 32.4 Å². The number of nitrogens with zero attached hydrogens (tertiary/aromatic N) is 2. The van der Waals surface area contributed by atoms with Gasteiger partial charge in [-0.1, -0.05) is 41.9 Å². The molecule has 264 valence electrons. The quantitative estimate of drug-likeness (QED) is 0.137. The summed E-state index contributed by atoms with van der Waals surface area (Å²) in [5.41, 5.74) is 4.68. The van der Waals surface area contributed by atoms with Gasteiger partial charge in [0, 0.05) is 37.6 Å². The standard InChI is InChI=1S/C40H45ClN2O6S/c1-47-36-14-6-29(7-15-36)25-43(26-30-8-16-37(48-2)17-9-30)50(45,46)38-18-19-40-39(24-38)42(27-33-11-10-31(33)20-22-44)21-4-3-5-32-23-35(41)13-12-34(32)28-49-40/h6-9,12-19,22-24,31,33H,3-5,10-11,20-21,25-28H2,1-2H3/t31-,33-/m0/s1. The second-order valence-electron chi connectivity index (χ2n) is 13.2. The van der Waals surface area contributed by atoms with Crippen molar-refractivity contribution in [3.05, 3.63) is 112 Å². The topological polar surface area (TPSA) is 85.4 Å². The number of halogens is 1. The summed E-state index contributed by atoms with van der Waals surface area (Å²) in [6.45, 7) is 2.16. The lowest BCUT2D eigenvalue weighted by atomic mass is 9.72. The molecule has 0 N–H and O–H groups in total. The summed E-state index contributed by atoms with van der Waals surface area (Å²) in [7, 11) is -0.781. The average Bonchev–Trinajstić information content (AvgIpc) is 3.15. The number of rotatable bonds is 12. The zero-order chi connectivity index (χ0) is 35.1. The number of benzene rings is 4. The van der Waals surface area contributed by atoms with E-state index in [9.17, 15) is 13.2 Å². The molecule has 1 fully saturated rings. The molecule has 0 spiro atoms. The third-order valence-electron chi connectivity index (χ3n) is 10.0. The molecule has 0 aromatic heterocycles. The van der Waals surface area contributed by atoms with E-state index in [4.69, 9.17) is 25.8 Å². The number of ether oxygens (including phenoxy) is 3.